The van der Waals surface area contributed by atoms with E-state index in [0.717, 1.165) is 12.1 Å². The minimum absolute atomic E-state index is 0.0298. The molecular formula is C25H23F3N4O3. The molecule has 35 heavy (non-hydrogen) atoms. The van der Waals surface area contributed by atoms with Crippen molar-refractivity contribution in [2.45, 2.75) is 25.9 Å². The quantitative estimate of drug-likeness (QED) is 0.326. The Kier molecular flexibility index (Phi) is 8.19. The van der Waals surface area contributed by atoms with Gasteiger partial charge in [-0.25, -0.2) is 4.99 Å². The van der Waals surface area contributed by atoms with E-state index in [-0.39, 0.29) is 24.1 Å². The average molecular weight is 484 g/mol. The molecule has 7 nitrogen and oxygen atoms in total. The first-order chi connectivity index (χ1) is 16.7. The number of hydrogen-bond acceptors (Lipinski definition) is 4. The first kappa shape index (κ1) is 25.4. The first-order valence-electron chi connectivity index (χ1n) is 10.6. The smallest absolute Gasteiger partial charge is 0.416 e. The lowest BCUT2D eigenvalue weighted by atomic mass is 10.1. The van der Waals surface area contributed by atoms with E-state index in [0.29, 0.717) is 35.5 Å². The molecule has 0 unspecified atom stereocenters. The Morgan fingerprint density at radius 3 is 2.43 bits per heavy atom. The fourth-order valence-corrected chi connectivity index (χ4v) is 3.17. The van der Waals surface area contributed by atoms with E-state index in [1.165, 1.54) is 18.5 Å². The third kappa shape index (κ3) is 7.13. The van der Waals surface area contributed by atoms with Gasteiger partial charge in [-0.2, -0.15) is 13.2 Å². The summed E-state index contributed by atoms with van der Waals surface area (Å²) in [6.45, 7) is 5.45. The van der Waals surface area contributed by atoms with Gasteiger partial charge in [-0.3, -0.25) is 14.6 Å². The normalized spacial score (nSPS) is 14.8. The van der Waals surface area contributed by atoms with E-state index in [1.54, 1.807) is 48.4 Å². The van der Waals surface area contributed by atoms with Gasteiger partial charge in [0.15, 0.2) is 0 Å². The highest BCUT2D eigenvalue weighted by atomic mass is 19.4. The van der Waals surface area contributed by atoms with Crippen LogP contribution >= 0.6 is 0 Å². The van der Waals surface area contributed by atoms with Crippen molar-refractivity contribution in [1.29, 1.82) is 0 Å². The number of nitrogens with one attached hydrogen (secondary N) is 1. The topological polar surface area (TPSA) is 83.4 Å². The molecule has 2 amide bonds. The van der Waals surface area contributed by atoms with Crippen LogP contribution in [0.4, 0.5) is 18.9 Å². The zero-order chi connectivity index (χ0) is 25.4. The second-order valence-electron chi connectivity index (χ2n) is 7.49. The van der Waals surface area contributed by atoms with Crippen LogP contribution in [-0.2, 0) is 22.2 Å². The number of alkyl halides is 3. The summed E-state index contributed by atoms with van der Waals surface area (Å²) in [6.07, 6.45) is 0.507. The standard InChI is InChI=1S/C25H23F3N4O3/c1-3-23(34)32-13-12-18(15-32)24(30-16-29-2)35-21-10-8-20(9-11-21)31-22(33)14-17-4-6-19(7-5-17)25(26,27)28/h4-13,16H,2-3,14-15H2,1H3,(H,31,33)/b24-18+,30-16-. The van der Waals surface area contributed by atoms with Gasteiger partial charge in [-0.1, -0.05) is 19.1 Å². The molecule has 0 bridgehead atoms. The number of carbonyl (C=O) groups is 2. The molecule has 0 saturated carbocycles. The molecular weight excluding hydrogens is 461 g/mol. The molecule has 1 N–H and O–H groups in total. The van der Waals surface area contributed by atoms with Crippen LogP contribution in [0.1, 0.15) is 24.5 Å². The van der Waals surface area contributed by atoms with Crippen LogP contribution in [0.25, 0.3) is 0 Å². The fourth-order valence-electron chi connectivity index (χ4n) is 3.17. The number of hydrogen-bond donors (Lipinski definition) is 1. The van der Waals surface area contributed by atoms with Crippen LogP contribution < -0.4 is 10.1 Å². The molecule has 0 atom stereocenters. The van der Waals surface area contributed by atoms with Crippen LogP contribution in [-0.4, -0.2) is 36.3 Å². The lowest BCUT2D eigenvalue weighted by Crippen LogP contribution is -2.23. The second-order valence-corrected chi connectivity index (χ2v) is 7.49. The minimum atomic E-state index is -4.42. The van der Waals surface area contributed by atoms with Gasteiger partial charge in [0.2, 0.25) is 17.7 Å². The van der Waals surface area contributed by atoms with Gasteiger partial charge >= 0.3 is 6.18 Å². The van der Waals surface area contributed by atoms with Crippen LogP contribution in [0.3, 0.4) is 0 Å². The monoisotopic (exact) mass is 484 g/mol. The number of anilines is 1. The van der Waals surface area contributed by atoms with E-state index >= 15 is 0 Å². The number of nitrogens with zero attached hydrogens (tertiary/aromatic N) is 3. The zero-order valence-electron chi connectivity index (χ0n) is 18.9. The Labute approximate surface area is 200 Å². The summed E-state index contributed by atoms with van der Waals surface area (Å²) in [6, 6.07) is 10.9. The van der Waals surface area contributed by atoms with Crippen LogP contribution in [0, 0.1) is 0 Å². The molecule has 0 spiro atoms. The number of ether oxygens (including phenoxy) is 1. The van der Waals surface area contributed by atoms with E-state index in [9.17, 15) is 22.8 Å². The molecule has 2 aromatic carbocycles. The average Bonchev–Trinajstić information content (AvgIpc) is 3.32. The van der Waals surface area contributed by atoms with Gasteiger partial charge in [0.05, 0.1) is 18.5 Å². The van der Waals surface area contributed by atoms with E-state index in [4.69, 9.17) is 4.74 Å². The van der Waals surface area contributed by atoms with Crippen LogP contribution in [0.2, 0.25) is 0 Å². The lowest BCUT2D eigenvalue weighted by Gasteiger charge is -2.13. The summed E-state index contributed by atoms with van der Waals surface area (Å²) >= 11 is 0. The summed E-state index contributed by atoms with van der Waals surface area (Å²) in [5, 5.41) is 2.69. The Bertz CT molecular complexity index is 1170. The lowest BCUT2D eigenvalue weighted by molar-refractivity contribution is -0.137. The first-order valence-corrected chi connectivity index (χ1v) is 10.6. The highest BCUT2D eigenvalue weighted by Crippen LogP contribution is 2.29. The van der Waals surface area contributed by atoms with Crippen molar-refractivity contribution in [3.8, 4) is 5.75 Å². The molecule has 3 rings (SSSR count). The van der Waals surface area contributed by atoms with Crippen molar-refractivity contribution in [1.82, 2.24) is 4.90 Å². The van der Waals surface area contributed by atoms with Gasteiger partial charge in [-0.05, 0) is 54.8 Å². The van der Waals surface area contributed by atoms with Crippen molar-refractivity contribution in [2.24, 2.45) is 9.98 Å². The molecule has 182 valence electrons. The van der Waals surface area contributed by atoms with E-state index in [1.807, 2.05) is 0 Å². The molecule has 0 fully saturated rings. The predicted molar refractivity (Wildman–Crippen MR) is 127 cm³/mol. The number of amides is 2. The van der Waals surface area contributed by atoms with Gasteiger partial charge in [0, 0.05) is 23.9 Å². The molecule has 0 radical (unpaired) electrons. The fraction of sp³-hybridized carbons (Fsp3) is 0.200. The molecule has 0 saturated heterocycles. The molecule has 1 aliphatic heterocycles. The van der Waals surface area contributed by atoms with Crippen molar-refractivity contribution < 1.29 is 27.5 Å². The van der Waals surface area contributed by atoms with Gasteiger partial charge < -0.3 is 15.0 Å². The van der Waals surface area contributed by atoms with E-state index < -0.39 is 11.7 Å². The number of aliphatic imine (C=N–C) groups is 2. The maximum atomic E-state index is 12.7. The Hall–Kier alpha value is -4.21. The van der Waals surface area contributed by atoms with Gasteiger partial charge in [-0.15, -0.1) is 0 Å². The number of carbonyl (C=O) groups excluding carboxylic acids is 2. The molecule has 1 heterocycles. The number of rotatable bonds is 8. The SMILES string of the molecule is C=N/C=N\C(Oc1ccc(NC(=O)Cc2ccc(C(F)(F)F)cc2)cc1)=C1\C=CN(C(=O)CC)C1. The number of benzene rings is 2. The van der Waals surface area contributed by atoms with Crippen molar-refractivity contribution in [3.63, 3.8) is 0 Å². The summed E-state index contributed by atoms with van der Waals surface area (Å²) in [5.41, 5.74) is 0.860. The van der Waals surface area contributed by atoms with Crippen molar-refractivity contribution >= 4 is 30.6 Å². The summed E-state index contributed by atoms with van der Waals surface area (Å²) in [5.74, 6) is 0.278. The van der Waals surface area contributed by atoms with Gasteiger partial charge in [0.1, 0.15) is 12.1 Å². The molecule has 0 aliphatic carbocycles. The van der Waals surface area contributed by atoms with Crippen LogP contribution in [0.15, 0.2) is 82.2 Å². The predicted octanol–water partition coefficient (Wildman–Crippen LogP) is 4.97. The van der Waals surface area contributed by atoms with E-state index in [2.05, 4.69) is 22.0 Å². The second kappa shape index (κ2) is 11.3. The minimum Gasteiger partial charge on any atom is -0.439 e. The largest absolute Gasteiger partial charge is 0.439 e. The number of halogens is 3. The molecule has 2 aromatic rings. The van der Waals surface area contributed by atoms with Crippen molar-refractivity contribution in [2.75, 3.05) is 11.9 Å². The maximum Gasteiger partial charge on any atom is 0.416 e. The Morgan fingerprint density at radius 1 is 1.14 bits per heavy atom. The Morgan fingerprint density at radius 2 is 1.83 bits per heavy atom. The van der Waals surface area contributed by atoms with Crippen molar-refractivity contribution in [3.05, 3.63) is 83.4 Å². The zero-order valence-corrected chi connectivity index (χ0v) is 18.9. The third-order valence-corrected chi connectivity index (χ3v) is 4.95. The third-order valence-electron chi connectivity index (χ3n) is 4.95. The highest BCUT2D eigenvalue weighted by Gasteiger charge is 2.30. The van der Waals surface area contributed by atoms with Gasteiger partial charge in [0.25, 0.3) is 0 Å². The maximum absolute atomic E-state index is 12.7. The Balaban J connectivity index is 1.63. The molecule has 0 aromatic heterocycles. The summed E-state index contributed by atoms with van der Waals surface area (Å²) < 4.78 is 43.9. The summed E-state index contributed by atoms with van der Waals surface area (Å²) in [4.78, 5) is 33.5. The highest BCUT2D eigenvalue weighted by molar-refractivity contribution is 5.92. The molecule has 10 heteroatoms. The molecule has 1 aliphatic rings. The van der Waals surface area contributed by atoms with Crippen LogP contribution in [0.5, 0.6) is 5.75 Å². The summed E-state index contributed by atoms with van der Waals surface area (Å²) in [7, 11) is 0.